The molecule has 0 unspecified atom stereocenters. The van der Waals surface area contributed by atoms with Gasteiger partial charge >= 0.3 is 0 Å². The van der Waals surface area contributed by atoms with Crippen molar-refractivity contribution >= 4 is 0 Å². The zero-order chi connectivity index (χ0) is 10.3. The Morgan fingerprint density at radius 2 is 2.07 bits per heavy atom. The first-order valence-corrected chi connectivity index (χ1v) is 6.13. The molecule has 1 nitrogen and oxygen atoms in total. The van der Waals surface area contributed by atoms with Crippen molar-refractivity contribution in [1.29, 1.82) is 0 Å². The molecule has 3 rings (SSSR count). The van der Waals surface area contributed by atoms with E-state index in [-0.39, 0.29) is 5.54 Å². The lowest BCUT2D eigenvalue weighted by Crippen LogP contribution is -2.24. The first-order chi connectivity index (χ1) is 7.25. The van der Waals surface area contributed by atoms with E-state index in [4.69, 9.17) is 5.73 Å². The standard InChI is InChI=1S/C14H19N/c15-14(7-8-14)10-11-3-1-6-13(9-11)12-4-2-5-12/h1,3,6,9,12H,2,4-5,7-8,10,15H2. The van der Waals surface area contributed by atoms with Crippen LogP contribution in [0.4, 0.5) is 0 Å². The second-order valence-corrected chi connectivity index (χ2v) is 5.41. The highest BCUT2D eigenvalue weighted by molar-refractivity contribution is 5.29. The van der Waals surface area contributed by atoms with Crippen molar-refractivity contribution in [1.82, 2.24) is 0 Å². The van der Waals surface area contributed by atoms with E-state index < -0.39 is 0 Å². The molecule has 0 saturated heterocycles. The summed E-state index contributed by atoms with van der Waals surface area (Å²) in [5.41, 5.74) is 9.29. The molecule has 2 aliphatic rings. The van der Waals surface area contributed by atoms with Crippen molar-refractivity contribution in [2.45, 2.75) is 50.0 Å². The minimum absolute atomic E-state index is 0.151. The van der Waals surface area contributed by atoms with Crippen molar-refractivity contribution in [2.24, 2.45) is 5.73 Å². The molecule has 0 bridgehead atoms. The summed E-state index contributed by atoms with van der Waals surface area (Å²) in [4.78, 5) is 0. The fourth-order valence-corrected chi connectivity index (χ4v) is 2.44. The molecular weight excluding hydrogens is 182 g/mol. The Morgan fingerprint density at radius 1 is 1.27 bits per heavy atom. The van der Waals surface area contributed by atoms with Gasteiger partial charge in [-0.2, -0.15) is 0 Å². The van der Waals surface area contributed by atoms with Gasteiger partial charge in [0.15, 0.2) is 0 Å². The average molecular weight is 201 g/mol. The SMILES string of the molecule is NC1(Cc2cccc(C3CCC3)c2)CC1. The Labute approximate surface area is 91.7 Å². The van der Waals surface area contributed by atoms with E-state index in [1.807, 2.05) is 0 Å². The predicted octanol–water partition coefficient (Wildman–Crippen LogP) is 2.99. The van der Waals surface area contributed by atoms with Crippen molar-refractivity contribution in [3.63, 3.8) is 0 Å². The van der Waals surface area contributed by atoms with Gasteiger partial charge in [-0.3, -0.25) is 0 Å². The van der Waals surface area contributed by atoms with Crippen LogP contribution in [0.15, 0.2) is 24.3 Å². The minimum atomic E-state index is 0.151. The van der Waals surface area contributed by atoms with Gasteiger partial charge in [-0.1, -0.05) is 30.7 Å². The van der Waals surface area contributed by atoms with Crippen LogP contribution in [-0.2, 0) is 6.42 Å². The van der Waals surface area contributed by atoms with Gasteiger partial charge in [0.05, 0.1) is 0 Å². The first kappa shape index (κ1) is 9.41. The Hall–Kier alpha value is -0.820. The quantitative estimate of drug-likeness (QED) is 0.799. The molecule has 0 radical (unpaired) electrons. The van der Waals surface area contributed by atoms with Crippen molar-refractivity contribution in [3.05, 3.63) is 35.4 Å². The molecule has 0 amide bonds. The molecule has 1 aromatic rings. The van der Waals surface area contributed by atoms with Gasteiger partial charge < -0.3 is 5.73 Å². The van der Waals surface area contributed by atoms with Gasteiger partial charge in [0.1, 0.15) is 0 Å². The summed E-state index contributed by atoms with van der Waals surface area (Å²) in [6.45, 7) is 0. The second-order valence-electron chi connectivity index (χ2n) is 5.41. The predicted molar refractivity (Wildman–Crippen MR) is 62.9 cm³/mol. The minimum Gasteiger partial charge on any atom is -0.325 e. The monoisotopic (exact) mass is 201 g/mol. The van der Waals surface area contributed by atoms with Crippen LogP contribution in [0.2, 0.25) is 0 Å². The van der Waals surface area contributed by atoms with Crippen LogP contribution in [0.3, 0.4) is 0 Å². The number of nitrogens with two attached hydrogens (primary N) is 1. The van der Waals surface area contributed by atoms with Crippen molar-refractivity contribution in [2.75, 3.05) is 0 Å². The van der Waals surface area contributed by atoms with E-state index in [0.717, 1.165) is 12.3 Å². The maximum atomic E-state index is 6.15. The van der Waals surface area contributed by atoms with Gasteiger partial charge in [-0.05, 0) is 49.1 Å². The summed E-state index contributed by atoms with van der Waals surface area (Å²) < 4.78 is 0. The molecule has 1 heteroatoms. The fraction of sp³-hybridized carbons (Fsp3) is 0.571. The average Bonchev–Trinajstić information content (AvgIpc) is 2.80. The molecule has 0 aliphatic heterocycles. The second kappa shape index (κ2) is 3.34. The molecule has 2 N–H and O–H groups in total. The van der Waals surface area contributed by atoms with Crippen molar-refractivity contribution in [3.8, 4) is 0 Å². The highest BCUT2D eigenvalue weighted by Crippen LogP contribution is 2.38. The fourth-order valence-electron chi connectivity index (χ4n) is 2.44. The van der Waals surface area contributed by atoms with Crippen LogP contribution in [0, 0.1) is 0 Å². The third-order valence-electron chi connectivity index (χ3n) is 3.98. The third-order valence-corrected chi connectivity index (χ3v) is 3.98. The summed E-state index contributed by atoms with van der Waals surface area (Å²) in [6.07, 6.45) is 7.68. The first-order valence-electron chi connectivity index (χ1n) is 6.13. The lowest BCUT2D eigenvalue weighted by molar-refractivity contribution is 0.419. The molecule has 15 heavy (non-hydrogen) atoms. The maximum Gasteiger partial charge on any atom is 0.0196 e. The summed E-state index contributed by atoms with van der Waals surface area (Å²) >= 11 is 0. The summed E-state index contributed by atoms with van der Waals surface area (Å²) in [5, 5.41) is 0. The van der Waals surface area contributed by atoms with E-state index in [1.165, 1.54) is 37.7 Å². The molecule has 0 atom stereocenters. The zero-order valence-corrected chi connectivity index (χ0v) is 9.21. The Morgan fingerprint density at radius 3 is 2.67 bits per heavy atom. The topological polar surface area (TPSA) is 26.0 Å². The van der Waals surface area contributed by atoms with Crippen LogP contribution in [0.25, 0.3) is 0 Å². The van der Waals surface area contributed by atoms with Crippen LogP contribution in [-0.4, -0.2) is 5.54 Å². The highest BCUT2D eigenvalue weighted by atomic mass is 14.8. The molecule has 2 saturated carbocycles. The molecule has 2 aliphatic carbocycles. The smallest absolute Gasteiger partial charge is 0.0196 e. The van der Waals surface area contributed by atoms with Crippen LogP contribution < -0.4 is 5.73 Å². The third kappa shape index (κ3) is 1.93. The van der Waals surface area contributed by atoms with Gasteiger partial charge in [0.2, 0.25) is 0 Å². The highest BCUT2D eigenvalue weighted by Gasteiger charge is 2.38. The lowest BCUT2D eigenvalue weighted by atomic mass is 9.79. The van der Waals surface area contributed by atoms with Crippen LogP contribution >= 0.6 is 0 Å². The Kier molecular flexibility index (Phi) is 2.10. The molecule has 1 aromatic carbocycles. The van der Waals surface area contributed by atoms with Gasteiger partial charge in [0, 0.05) is 5.54 Å². The van der Waals surface area contributed by atoms with Crippen LogP contribution in [0.1, 0.15) is 49.1 Å². The number of hydrogen-bond donors (Lipinski definition) is 1. The van der Waals surface area contributed by atoms with E-state index in [9.17, 15) is 0 Å². The lowest BCUT2D eigenvalue weighted by Gasteiger charge is -2.26. The summed E-state index contributed by atoms with van der Waals surface area (Å²) in [6, 6.07) is 9.10. The Balaban J connectivity index is 1.76. The molecule has 0 spiro atoms. The zero-order valence-electron chi connectivity index (χ0n) is 9.21. The molecular formula is C14H19N. The largest absolute Gasteiger partial charge is 0.325 e. The number of rotatable bonds is 3. The molecule has 0 heterocycles. The summed E-state index contributed by atoms with van der Waals surface area (Å²) in [7, 11) is 0. The van der Waals surface area contributed by atoms with E-state index in [2.05, 4.69) is 24.3 Å². The van der Waals surface area contributed by atoms with Gasteiger partial charge in [0.25, 0.3) is 0 Å². The normalized spacial score (nSPS) is 23.5. The summed E-state index contributed by atoms with van der Waals surface area (Å²) in [5.74, 6) is 0.845. The van der Waals surface area contributed by atoms with E-state index >= 15 is 0 Å². The molecule has 0 aromatic heterocycles. The van der Waals surface area contributed by atoms with E-state index in [0.29, 0.717) is 0 Å². The Bertz CT molecular complexity index is 361. The molecule has 2 fully saturated rings. The number of benzene rings is 1. The van der Waals surface area contributed by atoms with Gasteiger partial charge in [-0.15, -0.1) is 0 Å². The van der Waals surface area contributed by atoms with Gasteiger partial charge in [-0.25, -0.2) is 0 Å². The molecule has 80 valence electrons. The number of hydrogen-bond acceptors (Lipinski definition) is 1. The maximum absolute atomic E-state index is 6.15. The van der Waals surface area contributed by atoms with E-state index in [1.54, 1.807) is 5.56 Å². The van der Waals surface area contributed by atoms with Crippen molar-refractivity contribution < 1.29 is 0 Å². The van der Waals surface area contributed by atoms with Crippen LogP contribution in [0.5, 0.6) is 0 Å².